The maximum absolute atomic E-state index is 11.4. The van der Waals surface area contributed by atoms with Crippen LogP contribution in [0.25, 0.3) is 0 Å². The molecule has 2 heterocycles. The van der Waals surface area contributed by atoms with E-state index in [0.717, 1.165) is 24.3 Å². The molecule has 1 fully saturated rings. The van der Waals surface area contributed by atoms with Crippen molar-refractivity contribution in [2.45, 2.75) is 31.8 Å². The number of anilines is 1. The Bertz CT molecular complexity index is 792. The van der Waals surface area contributed by atoms with Crippen LogP contribution in [0.4, 0.5) is 5.82 Å². The van der Waals surface area contributed by atoms with Crippen molar-refractivity contribution in [3.8, 4) is 11.5 Å². The van der Waals surface area contributed by atoms with Crippen molar-refractivity contribution in [1.29, 1.82) is 0 Å². The molecule has 1 aliphatic heterocycles. The molecule has 27 heavy (non-hydrogen) atoms. The van der Waals surface area contributed by atoms with Crippen LogP contribution in [0, 0.1) is 0 Å². The topological polar surface area (TPSA) is 84.8 Å². The van der Waals surface area contributed by atoms with Gasteiger partial charge in [-0.1, -0.05) is 11.6 Å². The zero-order valence-electron chi connectivity index (χ0n) is 15.3. The number of carbonyl (C=O) groups is 1. The Kier molecular flexibility index (Phi) is 6.01. The lowest BCUT2D eigenvalue weighted by atomic mass is 10.0. The van der Waals surface area contributed by atoms with Crippen LogP contribution in [-0.2, 0) is 4.79 Å². The van der Waals surface area contributed by atoms with Crippen LogP contribution in [0.15, 0.2) is 30.6 Å². The number of halogens is 1. The summed E-state index contributed by atoms with van der Waals surface area (Å²) in [5.74, 6) is 0.456. The standard InChI is InChI=1S/C19H22ClN3O4/c1-12(19(24)25)16-17(20)21-11-22-18(16)23-9-7-15(8-10-23)27-14-5-3-13(26-2)4-6-14/h3-6,11-12,15H,7-10H2,1-2H3,(H,24,25). The maximum atomic E-state index is 11.4. The van der Waals surface area contributed by atoms with Crippen LogP contribution in [0.1, 0.15) is 31.2 Å². The normalized spacial score (nSPS) is 16.0. The SMILES string of the molecule is COc1ccc(OC2CCN(c3ncnc(Cl)c3C(C)C(=O)O)CC2)cc1. The molecule has 0 amide bonds. The zero-order chi connectivity index (χ0) is 19.4. The van der Waals surface area contributed by atoms with Crippen LogP contribution in [-0.4, -0.2) is 47.3 Å². The van der Waals surface area contributed by atoms with E-state index >= 15 is 0 Å². The number of rotatable bonds is 6. The zero-order valence-corrected chi connectivity index (χ0v) is 16.0. The highest BCUT2D eigenvalue weighted by molar-refractivity contribution is 6.30. The molecule has 0 bridgehead atoms. The molecule has 8 heteroatoms. The Hall–Kier alpha value is -2.54. The third-order valence-corrected chi connectivity index (χ3v) is 5.02. The first-order valence-corrected chi connectivity index (χ1v) is 9.16. The highest BCUT2D eigenvalue weighted by Crippen LogP contribution is 2.33. The first-order valence-electron chi connectivity index (χ1n) is 8.78. The first-order chi connectivity index (χ1) is 13.0. The van der Waals surface area contributed by atoms with Crippen LogP contribution in [0.5, 0.6) is 11.5 Å². The van der Waals surface area contributed by atoms with Gasteiger partial charge in [-0.3, -0.25) is 4.79 Å². The van der Waals surface area contributed by atoms with E-state index in [1.54, 1.807) is 14.0 Å². The number of aliphatic carboxylic acids is 1. The number of ether oxygens (including phenoxy) is 2. The van der Waals surface area contributed by atoms with E-state index < -0.39 is 11.9 Å². The average molecular weight is 392 g/mol. The minimum absolute atomic E-state index is 0.0901. The summed E-state index contributed by atoms with van der Waals surface area (Å²) in [7, 11) is 1.63. The molecule has 1 aromatic carbocycles. The number of hydrogen-bond acceptors (Lipinski definition) is 6. The van der Waals surface area contributed by atoms with E-state index in [9.17, 15) is 9.90 Å². The molecule has 0 aliphatic carbocycles. The van der Waals surface area contributed by atoms with Gasteiger partial charge in [0.1, 0.15) is 34.9 Å². The van der Waals surface area contributed by atoms with Crippen molar-refractivity contribution in [2.24, 2.45) is 0 Å². The lowest BCUT2D eigenvalue weighted by Crippen LogP contribution is -2.39. The highest BCUT2D eigenvalue weighted by atomic mass is 35.5. The van der Waals surface area contributed by atoms with Gasteiger partial charge in [0.25, 0.3) is 0 Å². The number of benzene rings is 1. The van der Waals surface area contributed by atoms with Crippen LogP contribution >= 0.6 is 11.6 Å². The predicted octanol–water partition coefficient (Wildman–Crippen LogP) is 3.37. The molecular formula is C19H22ClN3O4. The Balaban J connectivity index is 1.67. The van der Waals surface area contributed by atoms with Crippen molar-refractivity contribution < 1.29 is 19.4 Å². The van der Waals surface area contributed by atoms with Crippen LogP contribution in [0.3, 0.4) is 0 Å². The van der Waals surface area contributed by atoms with E-state index in [2.05, 4.69) is 14.9 Å². The van der Waals surface area contributed by atoms with Gasteiger partial charge < -0.3 is 19.5 Å². The molecule has 0 saturated carbocycles. The van der Waals surface area contributed by atoms with Gasteiger partial charge in [-0.05, 0) is 31.2 Å². The van der Waals surface area contributed by atoms with Crippen LogP contribution < -0.4 is 14.4 Å². The van der Waals surface area contributed by atoms with E-state index in [-0.39, 0.29) is 11.3 Å². The van der Waals surface area contributed by atoms with Crippen molar-refractivity contribution >= 4 is 23.4 Å². The van der Waals surface area contributed by atoms with Gasteiger partial charge >= 0.3 is 5.97 Å². The third kappa shape index (κ3) is 4.42. The summed E-state index contributed by atoms with van der Waals surface area (Å²) < 4.78 is 11.2. The van der Waals surface area contributed by atoms with Crippen molar-refractivity contribution in [1.82, 2.24) is 9.97 Å². The molecule has 1 atom stereocenters. The highest BCUT2D eigenvalue weighted by Gasteiger charge is 2.28. The van der Waals surface area contributed by atoms with E-state index in [0.29, 0.717) is 24.5 Å². The van der Waals surface area contributed by atoms with Gasteiger partial charge in [0.05, 0.1) is 13.0 Å². The molecule has 0 spiro atoms. The summed E-state index contributed by atoms with van der Waals surface area (Å²) in [6, 6.07) is 7.52. The summed E-state index contributed by atoms with van der Waals surface area (Å²) in [5, 5.41) is 9.55. The molecule has 2 aromatic rings. The fourth-order valence-electron chi connectivity index (χ4n) is 3.15. The van der Waals surface area contributed by atoms with E-state index in [1.807, 2.05) is 24.3 Å². The number of piperidine rings is 1. The van der Waals surface area contributed by atoms with Crippen LogP contribution in [0.2, 0.25) is 5.15 Å². The van der Waals surface area contributed by atoms with Crippen molar-refractivity contribution in [2.75, 3.05) is 25.1 Å². The molecule has 1 aromatic heterocycles. The minimum atomic E-state index is -0.953. The van der Waals surface area contributed by atoms with Gasteiger partial charge in [0.15, 0.2) is 0 Å². The molecule has 7 nitrogen and oxygen atoms in total. The Morgan fingerprint density at radius 2 is 1.85 bits per heavy atom. The molecule has 3 rings (SSSR count). The summed E-state index contributed by atoms with van der Waals surface area (Å²) in [4.78, 5) is 21.7. The number of carboxylic acids is 1. The average Bonchev–Trinajstić information content (AvgIpc) is 2.68. The Morgan fingerprint density at radius 3 is 2.44 bits per heavy atom. The number of methoxy groups -OCH3 is 1. The first kappa shape index (κ1) is 19.2. The monoisotopic (exact) mass is 391 g/mol. The molecule has 1 saturated heterocycles. The lowest BCUT2D eigenvalue weighted by molar-refractivity contribution is -0.138. The summed E-state index contributed by atoms with van der Waals surface area (Å²) in [5.41, 5.74) is 0.459. The molecule has 1 N–H and O–H groups in total. The second-order valence-corrected chi connectivity index (χ2v) is 6.80. The van der Waals surface area contributed by atoms with Gasteiger partial charge in [-0.25, -0.2) is 9.97 Å². The number of nitrogens with zero attached hydrogens (tertiary/aromatic N) is 3. The van der Waals surface area contributed by atoms with Gasteiger partial charge in [-0.15, -0.1) is 0 Å². The molecular weight excluding hydrogens is 370 g/mol. The summed E-state index contributed by atoms with van der Waals surface area (Å²) in [6.45, 7) is 3.00. The lowest BCUT2D eigenvalue weighted by Gasteiger charge is -2.34. The smallest absolute Gasteiger partial charge is 0.310 e. The molecule has 144 valence electrons. The van der Waals surface area contributed by atoms with Gasteiger partial charge in [-0.2, -0.15) is 0 Å². The van der Waals surface area contributed by atoms with E-state index in [4.69, 9.17) is 21.1 Å². The summed E-state index contributed by atoms with van der Waals surface area (Å²) in [6.07, 6.45) is 3.06. The quantitative estimate of drug-likeness (QED) is 0.755. The molecule has 0 radical (unpaired) electrons. The maximum Gasteiger partial charge on any atom is 0.310 e. The van der Waals surface area contributed by atoms with Gasteiger partial charge in [0, 0.05) is 31.5 Å². The van der Waals surface area contributed by atoms with Crippen molar-refractivity contribution in [3.05, 3.63) is 41.3 Å². The number of hydrogen-bond donors (Lipinski definition) is 1. The second-order valence-electron chi connectivity index (χ2n) is 6.44. The number of aromatic nitrogens is 2. The van der Waals surface area contributed by atoms with E-state index in [1.165, 1.54) is 6.33 Å². The third-order valence-electron chi connectivity index (χ3n) is 4.72. The van der Waals surface area contributed by atoms with Gasteiger partial charge in [0.2, 0.25) is 0 Å². The Labute approximate surface area is 162 Å². The fraction of sp³-hybridized carbons (Fsp3) is 0.421. The Morgan fingerprint density at radius 1 is 1.22 bits per heavy atom. The molecule has 1 aliphatic rings. The second kappa shape index (κ2) is 8.43. The molecule has 1 unspecified atom stereocenters. The summed E-state index contributed by atoms with van der Waals surface area (Å²) >= 11 is 6.17. The fourth-order valence-corrected chi connectivity index (χ4v) is 3.44. The number of carboxylic acid groups (broad SMARTS) is 1. The van der Waals surface area contributed by atoms with Crippen molar-refractivity contribution in [3.63, 3.8) is 0 Å². The predicted molar refractivity (Wildman–Crippen MR) is 102 cm³/mol. The largest absolute Gasteiger partial charge is 0.497 e. The minimum Gasteiger partial charge on any atom is -0.497 e.